The Bertz CT molecular complexity index is 700. The monoisotopic (exact) mass is 380 g/mol. The van der Waals surface area contributed by atoms with E-state index in [-0.39, 0.29) is 17.8 Å². The standard InChI is InChI=1S/C18H24N4OS.ClH/c1-20-9-8-19-17(20)22-12-10-21(11-13-22)16(23)18(6-2-3-7-18)15-5-4-14-24-15;/h4-5,8-9,14H,2-3,6-7,10-13H2,1H3;1H. The fourth-order valence-corrected chi connectivity index (χ4v) is 5.15. The predicted octanol–water partition coefficient (Wildman–Crippen LogP) is 3.06. The highest BCUT2D eigenvalue weighted by Gasteiger charge is 2.46. The van der Waals surface area contributed by atoms with E-state index in [1.54, 1.807) is 11.3 Å². The van der Waals surface area contributed by atoms with Crippen molar-refractivity contribution >= 4 is 35.6 Å². The molecule has 1 saturated carbocycles. The summed E-state index contributed by atoms with van der Waals surface area (Å²) in [4.78, 5) is 23.4. The molecule has 0 radical (unpaired) electrons. The van der Waals surface area contributed by atoms with Crippen molar-refractivity contribution in [3.63, 3.8) is 0 Å². The molecule has 136 valence electrons. The van der Waals surface area contributed by atoms with Crippen molar-refractivity contribution in [2.75, 3.05) is 31.1 Å². The van der Waals surface area contributed by atoms with Crippen LogP contribution in [0.3, 0.4) is 0 Å². The fraction of sp³-hybridized carbons (Fsp3) is 0.556. The molecule has 5 nitrogen and oxygen atoms in total. The number of carbonyl (C=O) groups excluding carboxylic acids is 1. The SMILES string of the molecule is Cl.Cn1ccnc1N1CCN(C(=O)C2(c3cccs3)CCCC2)CC1. The molecule has 2 fully saturated rings. The maximum Gasteiger partial charge on any atom is 0.234 e. The van der Waals surface area contributed by atoms with E-state index in [1.165, 1.54) is 4.88 Å². The summed E-state index contributed by atoms with van der Waals surface area (Å²) in [5.74, 6) is 1.35. The molecule has 0 N–H and O–H groups in total. The third kappa shape index (κ3) is 3.17. The maximum absolute atomic E-state index is 13.4. The summed E-state index contributed by atoms with van der Waals surface area (Å²) in [6.45, 7) is 3.30. The topological polar surface area (TPSA) is 41.4 Å². The number of rotatable bonds is 3. The van der Waals surface area contributed by atoms with Crippen LogP contribution in [0.25, 0.3) is 0 Å². The van der Waals surface area contributed by atoms with Gasteiger partial charge in [-0.25, -0.2) is 4.98 Å². The minimum atomic E-state index is -0.250. The zero-order valence-electron chi connectivity index (χ0n) is 14.6. The van der Waals surface area contributed by atoms with Gasteiger partial charge in [0.15, 0.2) is 0 Å². The van der Waals surface area contributed by atoms with Crippen LogP contribution in [0.1, 0.15) is 30.6 Å². The lowest BCUT2D eigenvalue weighted by Gasteiger charge is -2.39. The Morgan fingerprint density at radius 3 is 2.48 bits per heavy atom. The van der Waals surface area contributed by atoms with Crippen molar-refractivity contribution in [2.24, 2.45) is 7.05 Å². The molecule has 4 rings (SSSR count). The van der Waals surface area contributed by atoms with Crippen LogP contribution in [0.5, 0.6) is 0 Å². The van der Waals surface area contributed by atoms with E-state index >= 15 is 0 Å². The summed E-state index contributed by atoms with van der Waals surface area (Å²) >= 11 is 1.74. The molecule has 3 heterocycles. The van der Waals surface area contributed by atoms with Gasteiger partial charge in [-0.2, -0.15) is 0 Å². The maximum atomic E-state index is 13.4. The zero-order valence-corrected chi connectivity index (χ0v) is 16.2. The highest BCUT2D eigenvalue weighted by atomic mass is 35.5. The summed E-state index contributed by atoms with van der Waals surface area (Å²) in [6, 6.07) is 4.23. The second-order valence-electron chi connectivity index (χ2n) is 6.88. The van der Waals surface area contributed by atoms with Gasteiger partial charge in [0.25, 0.3) is 0 Å². The number of nitrogens with zero attached hydrogens (tertiary/aromatic N) is 4. The highest BCUT2D eigenvalue weighted by Crippen LogP contribution is 2.44. The normalized spacial score (nSPS) is 19.7. The van der Waals surface area contributed by atoms with Gasteiger partial charge in [0, 0.05) is 50.5 Å². The largest absolute Gasteiger partial charge is 0.339 e. The second-order valence-corrected chi connectivity index (χ2v) is 7.83. The van der Waals surface area contributed by atoms with Crippen molar-refractivity contribution in [1.29, 1.82) is 0 Å². The lowest BCUT2D eigenvalue weighted by Crippen LogP contribution is -2.54. The number of piperazine rings is 1. The number of aryl methyl sites for hydroxylation is 1. The van der Waals surface area contributed by atoms with Crippen LogP contribution < -0.4 is 4.90 Å². The summed E-state index contributed by atoms with van der Waals surface area (Å²) < 4.78 is 2.04. The number of anilines is 1. The Morgan fingerprint density at radius 1 is 1.20 bits per heavy atom. The molecule has 0 spiro atoms. The van der Waals surface area contributed by atoms with Crippen LogP contribution >= 0.6 is 23.7 Å². The van der Waals surface area contributed by atoms with E-state index in [0.717, 1.165) is 57.8 Å². The van der Waals surface area contributed by atoms with Gasteiger partial charge < -0.3 is 14.4 Å². The van der Waals surface area contributed by atoms with Gasteiger partial charge in [0.05, 0.1) is 5.41 Å². The predicted molar refractivity (Wildman–Crippen MR) is 104 cm³/mol. The van der Waals surface area contributed by atoms with Crippen molar-refractivity contribution < 1.29 is 4.79 Å². The Labute approximate surface area is 159 Å². The molecule has 1 saturated heterocycles. The number of amides is 1. The molecule has 1 aliphatic carbocycles. The fourth-order valence-electron chi connectivity index (χ4n) is 4.17. The summed E-state index contributed by atoms with van der Waals surface area (Å²) in [7, 11) is 2.02. The molecule has 1 aliphatic heterocycles. The molecule has 2 aromatic heterocycles. The minimum absolute atomic E-state index is 0. The first-order valence-corrected chi connectivity index (χ1v) is 9.64. The molecule has 25 heavy (non-hydrogen) atoms. The number of imidazole rings is 1. The van der Waals surface area contributed by atoms with Crippen molar-refractivity contribution in [2.45, 2.75) is 31.1 Å². The molecular formula is C18H25ClN4OS. The molecule has 0 unspecified atom stereocenters. The minimum Gasteiger partial charge on any atom is -0.339 e. The highest BCUT2D eigenvalue weighted by molar-refractivity contribution is 7.10. The molecule has 0 bridgehead atoms. The first kappa shape index (κ1) is 18.3. The van der Waals surface area contributed by atoms with Gasteiger partial charge in [-0.1, -0.05) is 18.9 Å². The molecule has 0 aromatic carbocycles. The first-order chi connectivity index (χ1) is 11.7. The quantitative estimate of drug-likeness (QED) is 0.821. The van der Waals surface area contributed by atoms with E-state index in [0.29, 0.717) is 5.91 Å². The lowest BCUT2D eigenvalue weighted by molar-refractivity contribution is -0.137. The summed E-state index contributed by atoms with van der Waals surface area (Å²) in [6.07, 6.45) is 8.14. The van der Waals surface area contributed by atoms with E-state index in [1.807, 2.05) is 24.0 Å². The van der Waals surface area contributed by atoms with Gasteiger partial charge >= 0.3 is 0 Å². The molecule has 1 amide bonds. The molecule has 2 aromatic rings. The Balaban J connectivity index is 0.00000182. The molecular weight excluding hydrogens is 356 g/mol. The number of hydrogen-bond donors (Lipinski definition) is 0. The molecule has 0 atom stereocenters. The molecule has 2 aliphatic rings. The summed E-state index contributed by atoms with van der Waals surface area (Å²) in [5.41, 5.74) is -0.250. The van der Waals surface area contributed by atoms with E-state index in [2.05, 4.69) is 32.3 Å². The number of hydrogen-bond acceptors (Lipinski definition) is 4. The zero-order chi connectivity index (χ0) is 16.6. The lowest BCUT2D eigenvalue weighted by atomic mass is 9.82. The second kappa shape index (κ2) is 7.38. The van der Waals surface area contributed by atoms with Crippen molar-refractivity contribution in [3.8, 4) is 0 Å². The molecule has 7 heteroatoms. The van der Waals surface area contributed by atoms with Crippen LogP contribution in [0.15, 0.2) is 29.9 Å². The van der Waals surface area contributed by atoms with Crippen LogP contribution in [-0.4, -0.2) is 46.5 Å². The third-order valence-electron chi connectivity index (χ3n) is 5.50. The number of thiophene rings is 1. The number of halogens is 1. The number of carbonyl (C=O) groups is 1. The van der Waals surface area contributed by atoms with Gasteiger partial charge in [0.2, 0.25) is 11.9 Å². The van der Waals surface area contributed by atoms with Gasteiger partial charge in [-0.3, -0.25) is 4.79 Å². The van der Waals surface area contributed by atoms with Crippen LogP contribution in [0, 0.1) is 0 Å². The van der Waals surface area contributed by atoms with Gasteiger partial charge in [-0.15, -0.1) is 23.7 Å². The van der Waals surface area contributed by atoms with Gasteiger partial charge in [-0.05, 0) is 24.3 Å². The van der Waals surface area contributed by atoms with Crippen molar-refractivity contribution in [3.05, 3.63) is 34.8 Å². The average molecular weight is 381 g/mol. The average Bonchev–Trinajstić information content (AvgIpc) is 3.35. The van der Waals surface area contributed by atoms with E-state index in [9.17, 15) is 4.79 Å². The Kier molecular flexibility index (Phi) is 5.39. The summed E-state index contributed by atoms with van der Waals surface area (Å²) in [5, 5.41) is 2.10. The third-order valence-corrected chi connectivity index (χ3v) is 6.58. The van der Waals surface area contributed by atoms with Crippen LogP contribution in [-0.2, 0) is 17.3 Å². The van der Waals surface area contributed by atoms with Crippen LogP contribution in [0.4, 0.5) is 5.95 Å². The first-order valence-electron chi connectivity index (χ1n) is 8.76. The number of aromatic nitrogens is 2. The smallest absolute Gasteiger partial charge is 0.234 e. The Morgan fingerprint density at radius 2 is 1.92 bits per heavy atom. The van der Waals surface area contributed by atoms with Gasteiger partial charge in [0.1, 0.15) is 0 Å². The van der Waals surface area contributed by atoms with Crippen LogP contribution in [0.2, 0.25) is 0 Å². The Hall–Kier alpha value is -1.53. The van der Waals surface area contributed by atoms with E-state index < -0.39 is 0 Å². The van der Waals surface area contributed by atoms with E-state index in [4.69, 9.17) is 0 Å². The van der Waals surface area contributed by atoms with Crippen molar-refractivity contribution in [1.82, 2.24) is 14.5 Å².